The lowest BCUT2D eigenvalue weighted by atomic mass is 9.95. The topological polar surface area (TPSA) is 49.4 Å². The fourth-order valence-corrected chi connectivity index (χ4v) is 3.23. The van der Waals surface area contributed by atoms with Crippen LogP contribution in [0.4, 0.5) is 11.4 Å². The fraction of sp³-hybridized carbons (Fsp3) is 0.222. The number of para-hydroxylation sites is 1. The lowest BCUT2D eigenvalue weighted by Gasteiger charge is -2.17. The molecule has 0 bridgehead atoms. The van der Waals surface area contributed by atoms with E-state index in [0.717, 1.165) is 5.69 Å². The number of carbonyl (C=O) groups is 2. The summed E-state index contributed by atoms with van der Waals surface area (Å²) in [6.45, 7) is 0.481. The molecule has 1 heterocycles. The highest BCUT2D eigenvalue weighted by Gasteiger charge is 2.38. The lowest BCUT2D eigenvalue weighted by molar-refractivity contribution is -0.119. The number of amides is 1. The Labute approximate surface area is 150 Å². The Morgan fingerprint density at radius 1 is 1.17 bits per heavy atom. The molecule has 1 amide bonds. The van der Waals surface area contributed by atoms with Crippen LogP contribution < -0.4 is 10.2 Å². The number of hydrogen-bond donors (Lipinski definition) is 1. The Balaban J connectivity index is 1.86. The highest BCUT2D eigenvalue weighted by Crippen LogP contribution is 2.32. The van der Waals surface area contributed by atoms with Crippen molar-refractivity contribution >= 4 is 46.3 Å². The summed E-state index contributed by atoms with van der Waals surface area (Å²) in [7, 11) is 1.75. The summed E-state index contributed by atoms with van der Waals surface area (Å²) in [6, 6.07) is 12.2. The number of halogens is 2. The molecule has 0 radical (unpaired) electrons. The van der Waals surface area contributed by atoms with Gasteiger partial charge >= 0.3 is 0 Å². The van der Waals surface area contributed by atoms with Crippen molar-refractivity contribution in [2.45, 2.75) is 6.42 Å². The van der Waals surface area contributed by atoms with Crippen LogP contribution in [0.1, 0.15) is 16.8 Å². The number of carbonyl (C=O) groups excluding carboxylic acids is 2. The Morgan fingerprint density at radius 2 is 1.92 bits per heavy atom. The summed E-state index contributed by atoms with van der Waals surface area (Å²) in [4.78, 5) is 27.1. The van der Waals surface area contributed by atoms with Gasteiger partial charge in [0.1, 0.15) is 5.92 Å². The quantitative estimate of drug-likeness (QED) is 0.652. The number of Topliss-reactive ketones (excluding diaryl/α,β-unsaturated/α-hetero) is 1. The van der Waals surface area contributed by atoms with Crippen LogP contribution in [0.5, 0.6) is 0 Å². The molecule has 124 valence electrons. The molecule has 1 unspecified atom stereocenters. The van der Waals surface area contributed by atoms with Crippen molar-refractivity contribution in [2.24, 2.45) is 5.92 Å². The maximum absolute atomic E-state index is 12.8. The van der Waals surface area contributed by atoms with E-state index in [9.17, 15) is 9.59 Å². The molecule has 2 aromatic carbocycles. The molecule has 0 saturated carbocycles. The molecule has 1 N–H and O–H groups in total. The predicted molar refractivity (Wildman–Crippen MR) is 97.2 cm³/mol. The van der Waals surface area contributed by atoms with Gasteiger partial charge in [0, 0.05) is 30.5 Å². The van der Waals surface area contributed by atoms with Crippen LogP contribution in [0.15, 0.2) is 42.5 Å². The van der Waals surface area contributed by atoms with Gasteiger partial charge in [-0.15, -0.1) is 0 Å². The van der Waals surface area contributed by atoms with E-state index in [2.05, 4.69) is 5.32 Å². The molecule has 0 aliphatic carbocycles. The Morgan fingerprint density at radius 3 is 2.62 bits per heavy atom. The van der Waals surface area contributed by atoms with Gasteiger partial charge in [0.2, 0.25) is 5.91 Å². The summed E-state index contributed by atoms with van der Waals surface area (Å²) >= 11 is 11.9. The molecule has 1 fully saturated rings. The number of anilines is 2. The SMILES string of the molecule is CNc1ccccc1C(=O)C1CCN(c2ccc(Cl)c(Cl)c2)C1=O. The standard InChI is InChI=1S/C18H16Cl2N2O2/c1-21-16-5-3-2-4-12(16)17(23)13-8-9-22(18(13)24)11-6-7-14(19)15(20)10-11/h2-7,10,13,21H,8-9H2,1H3. The van der Waals surface area contributed by atoms with Gasteiger partial charge in [-0.05, 0) is 36.8 Å². The maximum Gasteiger partial charge on any atom is 0.238 e. The second kappa shape index (κ2) is 6.83. The number of ketones is 1. The third kappa shape index (κ3) is 2.99. The number of nitrogens with one attached hydrogen (secondary N) is 1. The first-order chi connectivity index (χ1) is 11.5. The second-order valence-corrected chi connectivity index (χ2v) is 6.40. The van der Waals surface area contributed by atoms with Crippen molar-refractivity contribution in [3.63, 3.8) is 0 Å². The van der Waals surface area contributed by atoms with Crippen molar-refractivity contribution in [1.82, 2.24) is 0 Å². The van der Waals surface area contributed by atoms with E-state index in [1.807, 2.05) is 12.1 Å². The first-order valence-corrected chi connectivity index (χ1v) is 8.36. The van der Waals surface area contributed by atoms with Gasteiger partial charge in [-0.3, -0.25) is 9.59 Å². The van der Waals surface area contributed by atoms with Gasteiger partial charge in [0.25, 0.3) is 0 Å². The van der Waals surface area contributed by atoms with Crippen LogP contribution in [-0.2, 0) is 4.79 Å². The van der Waals surface area contributed by atoms with Crippen LogP contribution >= 0.6 is 23.2 Å². The van der Waals surface area contributed by atoms with Crippen molar-refractivity contribution in [2.75, 3.05) is 23.8 Å². The van der Waals surface area contributed by atoms with E-state index in [1.165, 1.54) is 0 Å². The van der Waals surface area contributed by atoms with E-state index in [1.54, 1.807) is 42.3 Å². The van der Waals surface area contributed by atoms with Gasteiger partial charge in [0.05, 0.1) is 10.0 Å². The molecular weight excluding hydrogens is 347 g/mol. The molecule has 1 saturated heterocycles. The maximum atomic E-state index is 12.8. The lowest BCUT2D eigenvalue weighted by Crippen LogP contribution is -2.30. The summed E-state index contributed by atoms with van der Waals surface area (Å²) in [6.07, 6.45) is 0.482. The molecule has 1 atom stereocenters. The Bertz CT molecular complexity index is 807. The molecular formula is C18H16Cl2N2O2. The molecule has 3 rings (SSSR count). The van der Waals surface area contributed by atoms with Gasteiger partial charge in [-0.2, -0.15) is 0 Å². The Hall–Kier alpha value is -2.04. The minimum absolute atomic E-state index is 0.160. The monoisotopic (exact) mass is 362 g/mol. The summed E-state index contributed by atoms with van der Waals surface area (Å²) < 4.78 is 0. The van der Waals surface area contributed by atoms with Gasteiger partial charge in [-0.25, -0.2) is 0 Å². The molecule has 0 aromatic heterocycles. The van der Waals surface area contributed by atoms with Crippen molar-refractivity contribution in [3.05, 3.63) is 58.1 Å². The van der Waals surface area contributed by atoms with E-state index >= 15 is 0 Å². The molecule has 6 heteroatoms. The zero-order valence-corrected chi connectivity index (χ0v) is 14.6. The van der Waals surface area contributed by atoms with Gasteiger partial charge < -0.3 is 10.2 Å². The fourth-order valence-electron chi connectivity index (χ4n) is 2.94. The normalized spacial score (nSPS) is 17.2. The number of hydrogen-bond acceptors (Lipinski definition) is 3. The van der Waals surface area contributed by atoms with Crippen LogP contribution in [0, 0.1) is 5.92 Å². The minimum Gasteiger partial charge on any atom is -0.388 e. The first-order valence-electron chi connectivity index (χ1n) is 7.60. The summed E-state index contributed by atoms with van der Waals surface area (Å²) in [5, 5.41) is 3.81. The highest BCUT2D eigenvalue weighted by atomic mass is 35.5. The van der Waals surface area contributed by atoms with Gasteiger partial charge in [0.15, 0.2) is 5.78 Å². The zero-order chi connectivity index (χ0) is 17.3. The molecule has 1 aliphatic heterocycles. The molecule has 1 aliphatic rings. The average Bonchev–Trinajstić information content (AvgIpc) is 2.98. The van der Waals surface area contributed by atoms with Crippen molar-refractivity contribution in [3.8, 4) is 0 Å². The highest BCUT2D eigenvalue weighted by molar-refractivity contribution is 6.42. The van der Waals surface area contributed by atoms with Crippen LogP contribution in [0.25, 0.3) is 0 Å². The van der Waals surface area contributed by atoms with E-state index in [-0.39, 0.29) is 11.7 Å². The van der Waals surface area contributed by atoms with Gasteiger partial charge in [-0.1, -0.05) is 35.3 Å². The van der Waals surface area contributed by atoms with Crippen LogP contribution in [0.3, 0.4) is 0 Å². The Kier molecular flexibility index (Phi) is 4.78. The van der Waals surface area contributed by atoms with Crippen LogP contribution in [0.2, 0.25) is 10.0 Å². The zero-order valence-electron chi connectivity index (χ0n) is 13.1. The largest absolute Gasteiger partial charge is 0.388 e. The van der Waals surface area contributed by atoms with Crippen molar-refractivity contribution < 1.29 is 9.59 Å². The number of benzene rings is 2. The second-order valence-electron chi connectivity index (χ2n) is 5.59. The van der Waals surface area contributed by atoms with E-state index < -0.39 is 5.92 Å². The number of rotatable bonds is 4. The molecule has 4 nitrogen and oxygen atoms in total. The predicted octanol–water partition coefficient (Wildman–Crippen LogP) is 4.27. The minimum atomic E-state index is -0.672. The third-order valence-corrected chi connectivity index (χ3v) is 4.94. The molecule has 2 aromatic rings. The van der Waals surface area contributed by atoms with Crippen LogP contribution in [-0.4, -0.2) is 25.3 Å². The smallest absolute Gasteiger partial charge is 0.238 e. The van der Waals surface area contributed by atoms with E-state index in [0.29, 0.717) is 34.3 Å². The summed E-state index contributed by atoms with van der Waals surface area (Å²) in [5.41, 5.74) is 1.92. The third-order valence-electron chi connectivity index (χ3n) is 4.20. The molecule has 24 heavy (non-hydrogen) atoms. The van der Waals surface area contributed by atoms with Crippen molar-refractivity contribution in [1.29, 1.82) is 0 Å². The average molecular weight is 363 g/mol. The first kappa shape index (κ1) is 16.8. The molecule has 0 spiro atoms. The van der Waals surface area contributed by atoms with E-state index in [4.69, 9.17) is 23.2 Å². The summed E-state index contributed by atoms with van der Waals surface area (Å²) in [5.74, 6) is -1.04. The number of nitrogens with zero attached hydrogens (tertiary/aromatic N) is 1.